The van der Waals surface area contributed by atoms with Crippen LogP contribution in [0.15, 0.2) is 194 Å². The summed E-state index contributed by atoms with van der Waals surface area (Å²) in [5.74, 6) is -1.97. The van der Waals surface area contributed by atoms with Crippen molar-refractivity contribution in [3.8, 4) is 28.7 Å². The molecule has 1 unspecified atom stereocenters. The fraction of sp³-hybridized carbons (Fsp3) is 0.316. The number of methoxy groups -OCH3 is 2. The summed E-state index contributed by atoms with van der Waals surface area (Å²) in [5.41, 5.74) is 4.96. The molecule has 0 radical (unpaired) electrons. The highest BCUT2D eigenvalue weighted by molar-refractivity contribution is 5.97. The van der Waals surface area contributed by atoms with Gasteiger partial charge in [0.25, 0.3) is 0 Å². The molecule has 6 aromatic carbocycles. The van der Waals surface area contributed by atoms with Crippen molar-refractivity contribution in [1.82, 2.24) is 0 Å². The Balaban J connectivity index is 0.000000227. The lowest BCUT2D eigenvalue weighted by atomic mass is 9.90. The van der Waals surface area contributed by atoms with Crippen LogP contribution in [0.4, 0.5) is 0 Å². The van der Waals surface area contributed by atoms with Crippen molar-refractivity contribution in [2.45, 2.75) is 131 Å². The van der Waals surface area contributed by atoms with Gasteiger partial charge in [0.05, 0.1) is 32.0 Å². The van der Waals surface area contributed by atoms with E-state index in [9.17, 15) is 38.4 Å². The van der Waals surface area contributed by atoms with Crippen LogP contribution in [0.5, 0.6) is 28.7 Å². The molecule has 496 valence electrons. The summed E-state index contributed by atoms with van der Waals surface area (Å²) in [5, 5.41) is 0. The lowest BCUT2D eigenvalue weighted by Gasteiger charge is -2.21. The predicted molar refractivity (Wildman–Crippen MR) is 354 cm³/mol. The van der Waals surface area contributed by atoms with Crippen molar-refractivity contribution < 1.29 is 85.7 Å². The lowest BCUT2D eigenvalue weighted by molar-refractivity contribution is -0.140. The summed E-state index contributed by atoms with van der Waals surface area (Å²) < 4.78 is 52.6. The second-order valence-corrected chi connectivity index (χ2v) is 22.4. The SMILES string of the molecule is C=C(C)C(=O)OCc1ccc(C(=O)OC2CCCCCC2)cc1.C=C(C)C(=O)Oc1ccc(C(=O)OCc2cccc(OC)c2)cc1OC.C=C(C)C(=O)Oc1ccccc1C(=O)OC(C)c1ccccc1.C=C(C)C(=O)Oc1ccccc1C(=O)OCC1CCCCC1. The Kier molecular flexibility index (Phi) is 31.0. The molecule has 0 spiro atoms. The van der Waals surface area contributed by atoms with Crippen LogP contribution in [-0.2, 0) is 56.1 Å². The topological polar surface area (TPSA) is 229 Å². The van der Waals surface area contributed by atoms with Gasteiger partial charge in [-0.15, -0.1) is 0 Å². The molecule has 0 heterocycles. The van der Waals surface area contributed by atoms with Crippen molar-refractivity contribution in [3.63, 3.8) is 0 Å². The molecule has 0 N–H and O–H groups in total. The first-order valence-electron chi connectivity index (χ1n) is 30.9. The number of para-hydroxylation sites is 2. The van der Waals surface area contributed by atoms with E-state index in [1.807, 2.05) is 42.5 Å². The van der Waals surface area contributed by atoms with Crippen molar-refractivity contribution in [1.29, 1.82) is 0 Å². The highest BCUT2D eigenvalue weighted by Gasteiger charge is 2.23. The van der Waals surface area contributed by atoms with Crippen molar-refractivity contribution >= 4 is 47.8 Å². The Bertz CT molecular complexity index is 3590. The van der Waals surface area contributed by atoms with E-state index in [2.05, 4.69) is 26.3 Å². The molecule has 2 fully saturated rings. The molecule has 94 heavy (non-hydrogen) atoms. The Morgan fingerprint density at radius 3 is 1.48 bits per heavy atom. The van der Waals surface area contributed by atoms with E-state index in [1.165, 1.54) is 57.4 Å². The minimum Gasteiger partial charge on any atom is -0.497 e. The van der Waals surface area contributed by atoms with Crippen LogP contribution in [-0.4, -0.2) is 74.7 Å². The second-order valence-electron chi connectivity index (χ2n) is 22.4. The minimum atomic E-state index is -0.582. The normalized spacial score (nSPS) is 12.9. The van der Waals surface area contributed by atoms with Gasteiger partial charge in [-0.3, -0.25) is 0 Å². The molecule has 2 saturated carbocycles. The van der Waals surface area contributed by atoms with Crippen LogP contribution < -0.4 is 23.7 Å². The minimum absolute atomic E-state index is 0.0428. The van der Waals surface area contributed by atoms with Crippen molar-refractivity contribution in [2.24, 2.45) is 5.92 Å². The summed E-state index contributed by atoms with van der Waals surface area (Å²) in [7, 11) is 2.98. The first-order chi connectivity index (χ1) is 45.1. The van der Waals surface area contributed by atoms with Gasteiger partial charge in [0.1, 0.15) is 53.8 Å². The lowest BCUT2D eigenvalue weighted by Crippen LogP contribution is -2.18. The standard InChI is InChI=1S/C20H20O6.C19H18O4.C19H24O4.C18H22O4/c1-13(2)19(21)26-17-9-8-15(11-18(17)24-4)20(22)25-12-14-6-5-7-16(10-14)23-3;1-13(2)18(20)23-17-12-8-7-11-16(17)19(21)22-14(3)15-9-5-4-6-10-15;1-14(2)18(20)22-13-15-9-11-16(12-10-15)19(21)23-17-7-5-3-4-6-8-17;1-13(2)17(19)22-16-11-7-6-10-15(16)18(20)21-12-14-8-4-3-5-9-14/h5-11H,1,12H2,2-4H3;4-12,14H,1H2,2-3H3;9-12,17H,1,3-8,13H2,2H3;6-7,10-11,14H,1,3-5,8-9,12H2,2H3. The van der Waals surface area contributed by atoms with Crippen LogP contribution in [0, 0.1) is 5.92 Å². The predicted octanol–water partition coefficient (Wildman–Crippen LogP) is 15.7. The van der Waals surface area contributed by atoms with Gasteiger partial charge in [-0.05, 0) is 162 Å². The highest BCUT2D eigenvalue weighted by Crippen LogP contribution is 2.31. The number of ether oxygens (including phenoxy) is 10. The molecule has 2 aliphatic carbocycles. The zero-order valence-electron chi connectivity index (χ0n) is 54.7. The van der Waals surface area contributed by atoms with Crippen LogP contribution in [0.25, 0.3) is 0 Å². The Morgan fingerprint density at radius 1 is 0.426 bits per heavy atom. The molecule has 0 amide bonds. The first-order valence-corrected chi connectivity index (χ1v) is 30.9. The van der Waals surface area contributed by atoms with Gasteiger partial charge in [0, 0.05) is 22.3 Å². The van der Waals surface area contributed by atoms with Crippen LogP contribution in [0.1, 0.15) is 169 Å². The number of carbonyl (C=O) groups is 8. The molecule has 0 saturated heterocycles. The average molecular weight is 1290 g/mol. The third kappa shape index (κ3) is 25.4. The molecule has 2 aliphatic rings. The van der Waals surface area contributed by atoms with E-state index in [0.717, 1.165) is 55.2 Å². The molecule has 0 aromatic heterocycles. The van der Waals surface area contributed by atoms with Gasteiger partial charge < -0.3 is 47.4 Å². The molecule has 8 rings (SSSR count). The number of rotatable bonds is 22. The number of hydrogen-bond donors (Lipinski definition) is 0. The van der Waals surface area contributed by atoms with Crippen molar-refractivity contribution in [2.75, 3.05) is 20.8 Å². The van der Waals surface area contributed by atoms with E-state index < -0.39 is 47.9 Å². The highest BCUT2D eigenvalue weighted by atomic mass is 16.6. The monoisotopic (exact) mass is 1280 g/mol. The molecular weight excluding hydrogens is 1200 g/mol. The Hall–Kier alpha value is -10.4. The van der Waals surface area contributed by atoms with Gasteiger partial charge in [-0.2, -0.15) is 0 Å². The van der Waals surface area contributed by atoms with E-state index in [1.54, 1.807) is 127 Å². The molecule has 1 atom stereocenters. The summed E-state index contributed by atoms with van der Waals surface area (Å²) >= 11 is 0. The summed E-state index contributed by atoms with van der Waals surface area (Å²) in [6.45, 7) is 22.8. The van der Waals surface area contributed by atoms with Gasteiger partial charge in [0.15, 0.2) is 11.5 Å². The van der Waals surface area contributed by atoms with Crippen LogP contribution >= 0.6 is 0 Å². The third-order valence-corrected chi connectivity index (χ3v) is 14.5. The number of esters is 8. The van der Waals surface area contributed by atoms with Crippen molar-refractivity contribution in [3.05, 3.63) is 233 Å². The second kappa shape index (κ2) is 39.1. The maximum atomic E-state index is 12.4. The Labute approximate surface area is 550 Å². The number of benzene rings is 6. The van der Waals surface area contributed by atoms with E-state index >= 15 is 0 Å². The zero-order chi connectivity index (χ0) is 68.5. The first kappa shape index (κ1) is 74.4. The van der Waals surface area contributed by atoms with E-state index in [0.29, 0.717) is 29.4 Å². The smallest absolute Gasteiger partial charge is 0.342 e. The summed E-state index contributed by atoms with van der Waals surface area (Å²) in [6.07, 6.45) is 12.2. The molecule has 18 heteroatoms. The molecule has 6 aromatic rings. The molecular formula is C76H84O18. The summed E-state index contributed by atoms with van der Waals surface area (Å²) in [4.78, 5) is 95.3. The fourth-order valence-electron chi connectivity index (χ4n) is 9.11. The fourth-order valence-corrected chi connectivity index (χ4v) is 9.11. The quantitative estimate of drug-likeness (QED) is 0.0202. The average Bonchev–Trinajstić information content (AvgIpc) is 1.52. The maximum Gasteiger partial charge on any atom is 0.342 e. The number of hydrogen-bond acceptors (Lipinski definition) is 18. The van der Waals surface area contributed by atoms with Gasteiger partial charge in [-0.25, -0.2) is 38.4 Å². The van der Waals surface area contributed by atoms with Gasteiger partial charge in [-0.1, -0.05) is 137 Å². The van der Waals surface area contributed by atoms with Crippen LogP contribution in [0.2, 0.25) is 0 Å². The van der Waals surface area contributed by atoms with Crippen LogP contribution in [0.3, 0.4) is 0 Å². The zero-order valence-corrected chi connectivity index (χ0v) is 54.7. The van der Waals surface area contributed by atoms with Gasteiger partial charge >= 0.3 is 47.8 Å². The van der Waals surface area contributed by atoms with E-state index in [-0.39, 0.29) is 81.7 Å². The van der Waals surface area contributed by atoms with E-state index in [4.69, 9.17) is 47.4 Å². The third-order valence-electron chi connectivity index (χ3n) is 14.5. The molecule has 18 nitrogen and oxygen atoms in total. The Morgan fingerprint density at radius 2 is 0.926 bits per heavy atom. The largest absolute Gasteiger partial charge is 0.497 e. The maximum absolute atomic E-state index is 12.4. The summed E-state index contributed by atoms with van der Waals surface area (Å²) in [6, 6.07) is 41.1. The van der Waals surface area contributed by atoms with Gasteiger partial charge in [0.2, 0.25) is 0 Å². The molecule has 0 aliphatic heterocycles. The molecule has 0 bridgehead atoms. The number of carbonyl (C=O) groups excluding carboxylic acids is 8.